The number of rotatable bonds is 4. The van der Waals surface area contributed by atoms with Crippen LogP contribution in [0.5, 0.6) is 0 Å². The van der Waals surface area contributed by atoms with Gasteiger partial charge in [0.25, 0.3) is 0 Å². The third-order valence-electron chi connectivity index (χ3n) is 3.50. The van der Waals surface area contributed by atoms with Crippen LogP contribution in [0.4, 0.5) is 0 Å². The van der Waals surface area contributed by atoms with Gasteiger partial charge in [-0.25, -0.2) is 0 Å². The number of nitrogens with zero attached hydrogens (tertiary/aromatic N) is 1. The minimum absolute atomic E-state index is 0.00917. The molecule has 1 saturated heterocycles. The highest BCUT2D eigenvalue weighted by atomic mass is 16.4. The van der Waals surface area contributed by atoms with E-state index in [1.54, 1.807) is 4.90 Å². The smallest absolute Gasteiger partial charge is 0.308 e. The fraction of sp³-hybridized carbons (Fsp3) is 0.818. The Morgan fingerprint density at radius 2 is 2.27 bits per heavy atom. The van der Waals surface area contributed by atoms with Gasteiger partial charge < -0.3 is 10.0 Å². The van der Waals surface area contributed by atoms with Crippen molar-refractivity contribution >= 4 is 11.9 Å². The van der Waals surface area contributed by atoms with Gasteiger partial charge in [-0.2, -0.15) is 0 Å². The van der Waals surface area contributed by atoms with Crippen LogP contribution in [0.1, 0.15) is 26.2 Å². The number of carbonyl (C=O) groups excluding carboxylic acids is 1. The van der Waals surface area contributed by atoms with E-state index in [0.29, 0.717) is 12.5 Å². The molecule has 1 amide bonds. The molecule has 4 nitrogen and oxygen atoms in total. The van der Waals surface area contributed by atoms with Crippen molar-refractivity contribution in [1.29, 1.82) is 0 Å². The summed E-state index contributed by atoms with van der Waals surface area (Å²) in [5.74, 6) is -0.0214. The Kier molecular flexibility index (Phi) is 2.67. The van der Waals surface area contributed by atoms with Crippen molar-refractivity contribution in [3.05, 3.63) is 0 Å². The van der Waals surface area contributed by atoms with Gasteiger partial charge in [-0.3, -0.25) is 9.59 Å². The maximum absolute atomic E-state index is 11.5. The van der Waals surface area contributed by atoms with Crippen LogP contribution in [0.15, 0.2) is 0 Å². The van der Waals surface area contributed by atoms with Crippen LogP contribution in [-0.2, 0) is 9.59 Å². The lowest BCUT2D eigenvalue weighted by Gasteiger charge is -2.20. The number of hydrogen-bond acceptors (Lipinski definition) is 2. The lowest BCUT2D eigenvalue weighted by Crippen LogP contribution is -2.31. The Morgan fingerprint density at radius 3 is 2.73 bits per heavy atom. The molecule has 2 fully saturated rings. The van der Waals surface area contributed by atoms with Crippen molar-refractivity contribution in [2.75, 3.05) is 13.1 Å². The summed E-state index contributed by atoms with van der Waals surface area (Å²) in [7, 11) is 0. The van der Waals surface area contributed by atoms with Gasteiger partial charge in [-0.15, -0.1) is 0 Å². The summed E-state index contributed by atoms with van der Waals surface area (Å²) in [4.78, 5) is 24.0. The van der Waals surface area contributed by atoms with Gasteiger partial charge in [0.05, 0.1) is 5.92 Å². The molecule has 84 valence electrons. The molecule has 0 radical (unpaired) electrons. The third kappa shape index (κ3) is 2.30. The van der Waals surface area contributed by atoms with Crippen molar-refractivity contribution in [1.82, 2.24) is 4.90 Å². The summed E-state index contributed by atoms with van der Waals surface area (Å²) in [5, 5.41) is 8.83. The normalized spacial score (nSPS) is 28.2. The average molecular weight is 211 g/mol. The molecule has 1 aliphatic heterocycles. The predicted octanol–water partition coefficient (Wildman–Crippen LogP) is 0.966. The number of carbonyl (C=O) groups is 2. The molecule has 2 unspecified atom stereocenters. The Labute approximate surface area is 89.3 Å². The van der Waals surface area contributed by atoms with Gasteiger partial charge in [0.2, 0.25) is 5.91 Å². The molecule has 0 aromatic carbocycles. The van der Waals surface area contributed by atoms with Gasteiger partial charge in [0.15, 0.2) is 0 Å². The van der Waals surface area contributed by atoms with Crippen molar-refractivity contribution in [3.63, 3.8) is 0 Å². The Hall–Kier alpha value is -1.06. The quantitative estimate of drug-likeness (QED) is 0.753. The molecule has 4 heteroatoms. The van der Waals surface area contributed by atoms with Crippen LogP contribution in [0.2, 0.25) is 0 Å². The molecule has 0 spiro atoms. The first-order valence-corrected chi connectivity index (χ1v) is 5.58. The van der Waals surface area contributed by atoms with Crippen molar-refractivity contribution < 1.29 is 14.7 Å². The molecular formula is C11H17NO3. The zero-order valence-corrected chi connectivity index (χ0v) is 8.98. The van der Waals surface area contributed by atoms with Crippen LogP contribution in [0.3, 0.4) is 0 Å². The molecule has 2 aliphatic rings. The number of amides is 1. The second-order valence-corrected chi connectivity index (χ2v) is 4.85. The summed E-state index contributed by atoms with van der Waals surface area (Å²) in [6.07, 6.45) is 2.73. The second-order valence-electron chi connectivity index (χ2n) is 4.85. The fourth-order valence-electron chi connectivity index (χ4n) is 2.28. The van der Waals surface area contributed by atoms with Gasteiger partial charge in [-0.1, -0.05) is 6.92 Å². The minimum atomic E-state index is -0.843. The zero-order valence-electron chi connectivity index (χ0n) is 8.98. The number of carboxylic acid groups (broad SMARTS) is 1. The van der Waals surface area contributed by atoms with Crippen LogP contribution in [0.25, 0.3) is 0 Å². The third-order valence-corrected chi connectivity index (χ3v) is 3.50. The molecular weight excluding hydrogens is 194 g/mol. The molecule has 0 bridgehead atoms. The van der Waals surface area contributed by atoms with Gasteiger partial charge in [0, 0.05) is 19.5 Å². The Bertz CT molecular complexity index is 286. The zero-order chi connectivity index (χ0) is 11.0. The summed E-state index contributed by atoms with van der Waals surface area (Å²) in [6, 6.07) is 0. The number of carboxylic acids is 1. The van der Waals surface area contributed by atoms with E-state index < -0.39 is 11.9 Å². The lowest BCUT2D eigenvalue weighted by molar-refractivity contribution is -0.141. The monoisotopic (exact) mass is 211 g/mol. The summed E-state index contributed by atoms with van der Waals surface area (Å²) < 4.78 is 0. The molecule has 15 heavy (non-hydrogen) atoms. The highest BCUT2D eigenvalue weighted by Gasteiger charge is 2.37. The topological polar surface area (TPSA) is 57.6 Å². The molecule has 1 saturated carbocycles. The Balaban J connectivity index is 1.87. The highest BCUT2D eigenvalue weighted by molar-refractivity contribution is 5.86. The van der Waals surface area contributed by atoms with Crippen LogP contribution >= 0.6 is 0 Å². The second kappa shape index (κ2) is 3.83. The van der Waals surface area contributed by atoms with Crippen molar-refractivity contribution in [2.24, 2.45) is 17.8 Å². The number of likely N-dealkylation sites (tertiary alicyclic amines) is 1. The highest BCUT2D eigenvalue weighted by Crippen LogP contribution is 2.37. The van der Waals surface area contributed by atoms with E-state index >= 15 is 0 Å². The molecule has 1 N–H and O–H groups in total. The molecule has 1 aliphatic carbocycles. The first-order valence-electron chi connectivity index (χ1n) is 5.58. The molecule has 1 heterocycles. The first kappa shape index (κ1) is 10.5. The molecule has 0 aromatic heterocycles. The molecule has 2 rings (SSSR count). The van der Waals surface area contributed by atoms with E-state index in [9.17, 15) is 9.59 Å². The largest absolute Gasteiger partial charge is 0.481 e. The Morgan fingerprint density at radius 1 is 1.60 bits per heavy atom. The van der Waals surface area contributed by atoms with Crippen LogP contribution in [-0.4, -0.2) is 35.0 Å². The molecule has 0 aromatic rings. The van der Waals surface area contributed by atoms with Crippen molar-refractivity contribution in [3.8, 4) is 0 Å². The first-order chi connectivity index (χ1) is 7.08. The fourth-order valence-corrected chi connectivity index (χ4v) is 2.28. The van der Waals surface area contributed by atoms with E-state index in [4.69, 9.17) is 5.11 Å². The SMILES string of the molecule is CC(CN1CC(C(=O)O)CC1=O)C1CC1. The van der Waals surface area contributed by atoms with E-state index in [-0.39, 0.29) is 12.3 Å². The summed E-state index contributed by atoms with van der Waals surface area (Å²) >= 11 is 0. The standard InChI is InChI=1S/C11H17NO3/c1-7(8-2-3-8)5-12-6-9(11(14)15)4-10(12)13/h7-9H,2-6H2,1H3,(H,14,15). The van der Waals surface area contributed by atoms with E-state index in [1.807, 2.05) is 0 Å². The van der Waals surface area contributed by atoms with Gasteiger partial charge in [0.1, 0.15) is 0 Å². The number of hydrogen-bond donors (Lipinski definition) is 1. The average Bonchev–Trinajstić information content (AvgIpc) is 2.93. The predicted molar refractivity (Wildman–Crippen MR) is 54.2 cm³/mol. The van der Waals surface area contributed by atoms with Crippen molar-refractivity contribution in [2.45, 2.75) is 26.2 Å². The van der Waals surface area contributed by atoms with Crippen LogP contribution < -0.4 is 0 Å². The van der Waals surface area contributed by atoms with E-state index in [1.165, 1.54) is 12.8 Å². The summed E-state index contributed by atoms with van der Waals surface area (Å²) in [5.41, 5.74) is 0. The molecule has 2 atom stereocenters. The minimum Gasteiger partial charge on any atom is -0.481 e. The lowest BCUT2D eigenvalue weighted by atomic mass is 10.1. The maximum atomic E-state index is 11.5. The van der Waals surface area contributed by atoms with E-state index in [2.05, 4.69) is 6.92 Å². The van der Waals surface area contributed by atoms with Gasteiger partial charge in [-0.05, 0) is 24.7 Å². The van der Waals surface area contributed by atoms with Crippen LogP contribution in [0, 0.1) is 17.8 Å². The van der Waals surface area contributed by atoms with Gasteiger partial charge >= 0.3 is 5.97 Å². The maximum Gasteiger partial charge on any atom is 0.308 e. The van der Waals surface area contributed by atoms with E-state index in [0.717, 1.165) is 12.5 Å². The summed E-state index contributed by atoms with van der Waals surface area (Å²) in [6.45, 7) is 3.30. The number of aliphatic carboxylic acids is 1.